The number of benzene rings is 1. The predicted molar refractivity (Wildman–Crippen MR) is 55.8 cm³/mol. The lowest BCUT2D eigenvalue weighted by Crippen LogP contribution is -2.04. The summed E-state index contributed by atoms with van der Waals surface area (Å²) < 4.78 is 4.64. The second-order valence-corrected chi connectivity index (χ2v) is 2.64. The molecule has 0 aliphatic heterocycles. The summed E-state index contributed by atoms with van der Waals surface area (Å²) in [5, 5.41) is 0. The van der Waals surface area contributed by atoms with Crippen LogP contribution < -0.4 is 0 Å². The highest BCUT2D eigenvalue weighted by Gasteiger charge is 2.11. The van der Waals surface area contributed by atoms with E-state index in [1.807, 2.05) is 6.07 Å². The molecule has 14 heavy (non-hydrogen) atoms. The van der Waals surface area contributed by atoms with E-state index in [9.17, 15) is 4.79 Å². The van der Waals surface area contributed by atoms with Crippen molar-refractivity contribution < 1.29 is 9.53 Å². The summed E-state index contributed by atoms with van der Waals surface area (Å²) in [6, 6.07) is 5.26. The van der Waals surface area contributed by atoms with Gasteiger partial charge in [0, 0.05) is 0 Å². The Morgan fingerprint density at radius 3 is 2.79 bits per heavy atom. The Bertz CT molecular complexity index is 378. The van der Waals surface area contributed by atoms with Crippen molar-refractivity contribution in [1.82, 2.24) is 0 Å². The summed E-state index contributed by atoms with van der Waals surface area (Å²) in [7, 11) is 1.35. The molecule has 0 N–H and O–H groups in total. The van der Waals surface area contributed by atoms with Gasteiger partial charge in [0.05, 0.1) is 12.7 Å². The topological polar surface area (TPSA) is 26.3 Å². The van der Waals surface area contributed by atoms with E-state index in [-0.39, 0.29) is 5.97 Å². The first kappa shape index (κ1) is 10.3. The minimum atomic E-state index is -0.378. The molecule has 0 saturated heterocycles. The molecule has 0 atom stereocenters. The monoisotopic (exact) mass is 187 g/mol. The normalized spacial score (nSPS) is 9.21. The zero-order valence-electron chi connectivity index (χ0n) is 8.04. The highest BCUT2D eigenvalue weighted by molar-refractivity contribution is 5.94. The zero-order chi connectivity index (χ0) is 10.6. The van der Waals surface area contributed by atoms with Crippen LogP contribution in [0.2, 0.25) is 0 Å². The first-order valence-electron chi connectivity index (χ1n) is 4.11. The Hall–Kier alpha value is -1.83. The van der Waals surface area contributed by atoms with Gasteiger partial charge in [-0.1, -0.05) is 31.4 Å². The Kier molecular flexibility index (Phi) is 3.24. The molecule has 0 saturated carbocycles. The van der Waals surface area contributed by atoms with Gasteiger partial charge in [-0.15, -0.1) is 0 Å². The smallest absolute Gasteiger partial charge is 0.338 e. The molecule has 0 aromatic heterocycles. The fourth-order valence-corrected chi connectivity index (χ4v) is 1.23. The van der Waals surface area contributed by atoms with E-state index in [1.54, 1.807) is 18.2 Å². The van der Waals surface area contributed by atoms with Crippen molar-refractivity contribution in [2.24, 2.45) is 0 Å². The lowest BCUT2D eigenvalue weighted by molar-refractivity contribution is 0.0600. The molecule has 71 valence electrons. The van der Waals surface area contributed by atoms with Gasteiger partial charge in [0.2, 0.25) is 0 Å². The van der Waals surface area contributed by atoms with Crippen LogP contribution in [-0.2, 0) is 4.74 Å². The van der Waals surface area contributed by atoms with Crippen molar-refractivity contribution in [2.75, 3.05) is 7.11 Å². The van der Waals surface area contributed by atoms with Crippen LogP contribution >= 0.6 is 0 Å². The Morgan fingerprint density at radius 2 is 2.29 bits per heavy atom. The van der Waals surface area contributed by atoms with Crippen LogP contribution in [0.3, 0.4) is 0 Å². The molecule has 2 nitrogen and oxygen atoms in total. The largest absolute Gasteiger partial charge is 0.465 e. The third-order valence-corrected chi connectivity index (χ3v) is 1.91. The second-order valence-electron chi connectivity index (χ2n) is 2.64. The first-order chi connectivity index (χ1) is 6.74. The summed E-state index contributed by atoms with van der Waals surface area (Å²) in [5.41, 5.74) is 1.94. The number of ether oxygens (including phenoxy) is 1. The van der Waals surface area contributed by atoms with Crippen molar-refractivity contribution in [3.05, 3.63) is 54.1 Å². The van der Waals surface area contributed by atoms with Crippen LogP contribution in [0.25, 0.3) is 6.08 Å². The molecule has 1 radical (unpaired) electrons. The van der Waals surface area contributed by atoms with Crippen molar-refractivity contribution in [3.8, 4) is 0 Å². The Morgan fingerprint density at radius 1 is 1.57 bits per heavy atom. The molecule has 0 heterocycles. The van der Waals surface area contributed by atoms with Gasteiger partial charge in [0.1, 0.15) is 0 Å². The van der Waals surface area contributed by atoms with Crippen LogP contribution in [0, 0.1) is 6.08 Å². The standard InChI is InChI=1S/C12H11O2/c1-4-9-7-6-8-11(10(9)5-2)12(13)14-3/h5-8H,1-2H2,3H3. The Labute approximate surface area is 83.5 Å². The third-order valence-electron chi connectivity index (χ3n) is 1.91. The van der Waals surface area contributed by atoms with Gasteiger partial charge < -0.3 is 4.74 Å². The van der Waals surface area contributed by atoms with E-state index in [4.69, 9.17) is 0 Å². The van der Waals surface area contributed by atoms with Crippen molar-refractivity contribution in [3.63, 3.8) is 0 Å². The highest BCUT2D eigenvalue weighted by atomic mass is 16.5. The first-order valence-corrected chi connectivity index (χ1v) is 4.11. The maximum Gasteiger partial charge on any atom is 0.338 e. The summed E-state index contributed by atoms with van der Waals surface area (Å²) in [5.74, 6) is -0.378. The van der Waals surface area contributed by atoms with Gasteiger partial charge in [-0.25, -0.2) is 4.79 Å². The van der Waals surface area contributed by atoms with Crippen LogP contribution in [0.4, 0.5) is 0 Å². The molecule has 0 unspecified atom stereocenters. The van der Waals surface area contributed by atoms with E-state index >= 15 is 0 Å². The maximum atomic E-state index is 11.3. The summed E-state index contributed by atoms with van der Waals surface area (Å²) in [6.07, 6.45) is 4.33. The number of carbonyl (C=O) groups excluding carboxylic acids is 1. The molecule has 2 heteroatoms. The highest BCUT2D eigenvalue weighted by Crippen LogP contribution is 2.17. The number of hydrogen-bond acceptors (Lipinski definition) is 2. The fraction of sp³-hybridized carbons (Fsp3) is 0.0833. The van der Waals surface area contributed by atoms with Crippen LogP contribution in [0.15, 0.2) is 31.4 Å². The quantitative estimate of drug-likeness (QED) is 0.679. The fourth-order valence-electron chi connectivity index (χ4n) is 1.23. The van der Waals surface area contributed by atoms with Crippen molar-refractivity contribution in [2.45, 2.75) is 0 Å². The summed E-state index contributed by atoms with van der Waals surface area (Å²) >= 11 is 0. The molecule has 0 aliphatic rings. The molecule has 0 bridgehead atoms. The van der Waals surface area contributed by atoms with Crippen molar-refractivity contribution >= 4 is 12.0 Å². The van der Waals surface area contributed by atoms with Crippen LogP contribution in [0.1, 0.15) is 21.5 Å². The molecular weight excluding hydrogens is 176 g/mol. The minimum Gasteiger partial charge on any atom is -0.465 e. The Balaban J connectivity index is 3.35. The number of methoxy groups -OCH3 is 1. The van der Waals surface area contributed by atoms with Gasteiger partial charge in [-0.2, -0.15) is 0 Å². The van der Waals surface area contributed by atoms with E-state index in [0.717, 1.165) is 5.56 Å². The molecule has 0 fully saturated rings. The van der Waals surface area contributed by atoms with E-state index in [0.29, 0.717) is 11.1 Å². The lowest BCUT2D eigenvalue weighted by atomic mass is 10.0. The van der Waals surface area contributed by atoms with Crippen molar-refractivity contribution in [1.29, 1.82) is 0 Å². The lowest BCUT2D eigenvalue weighted by Gasteiger charge is -2.06. The number of hydrogen-bond donors (Lipinski definition) is 0. The summed E-state index contributed by atoms with van der Waals surface area (Å²) in [4.78, 5) is 11.3. The number of carbonyl (C=O) groups is 1. The molecular formula is C12H11O2. The summed E-state index contributed by atoms with van der Waals surface area (Å²) in [6.45, 7) is 7.18. The minimum absolute atomic E-state index is 0.378. The van der Waals surface area contributed by atoms with E-state index in [1.165, 1.54) is 7.11 Å². The van der Waals surface area contributed by atoms with Gasteiger partial charge in [0.25, 0.3) is 0 Å². The number of rotatable bonds is 3. The van der Waals surface area contributed by atoms with Crippen LogP contribution in [-0.4, -0.2) is 13.1 Å². The molecule has 0 amide bonds. The molecule has 1 aromatic carbocycles. The molecule has 0 spiro atoms. The van der Waals surface area contributed by atoms with E-state index < -0.39 is 0 Å². The van der Waals surface area contributed by atoms with Gasteiger partial charge >= 0.3 is 5.97 Å². The average molecular weight is 187 g/mol. The SMILES string of the molecule is C=[C]c1cccc(C(=O)OC)c1C=C. The second kappa shape index (κ2) is 4.42. The number of esters is 1. The zero-order valence-corrected chi connectivity index (χ0v) is 8.04. The van der Waals surface area contributed by atoms with E-state index in [2.05, 4.69) is 24.0 Å². The van der Waals surface area contributed by atoms with Crippen LogP contribution in [0.5, 0.6) is 0 Å². The third kappa shape index (κ3) is 1.74. The van der Waals surface area contributed by atoms with Gasteiger partial charge in [-0.3, -0.25) is 0 Å². The van der Waals surface area contributed by atoms with Gasteiger partial charge in [0.15, 0.2) is 0 Å². The molecule has 1 rings (SSSR count). The van der Waals surface area contributed by atoms with Gasteiger partial charge in [-0.05, 0) is 23.3 Å². The molecule has 0 aliphatic carbocycles. The maximum absolute atomic E-state index is 11.3. The predicted octanol–water partition coefficient (Wildman–Crippen LogP) is 2.45. The average Bonchev–Trinajstić information content (AvgIpc) is 2.26. The molecule has 1 aromatic rings.